The van der Waals surface area contributed by atoms with Crippen molar-refractivity contribution in [3.8, 4) is 0 Å². The van der Waals surface area contributed by atoms with Gasteiger partial charge in [-0.2, -0.15) is 0 Å². The fourth-order valence-corrected chi connectivity index (χ4v) is 5.21. The quantitative estimate of drug-likeness (QED) is 0.0681. The number of unbranched alkanes of at least 4 members (excludes halogenated alkanes) is 2. The summed E-state index contributed by atoms with van der Waals surface area (Å²) in [6.45, 7) is 2.86. The van der Waals surface area contributed by atoms with Crippen LogP contribution in [0.5, 0.6) is 0 Å². The molecule has 2 rings (SSSR count). The van der Waals surface area contributed by atoms with Crippen molar-refractivity contribution in [1.82, 2.24) is 5.32 Å². The molecule has 0 heterocycles. The average Bonchev–Trinajstić information content (AvgIpc) is 3.20. The Hall–Kier alpha value is -1.91. The summed E-state index contributed by atoms with van der Waals surface area (Å²) < 4.78 is 11.9. The van der Waals surface area contributed by atoms with Gasteiger partial charge in [0.2, 0.25) is 5.91 Å². The number of alkyl halides is 1. The number of carbonyl (C=O) groups excluding carboxylic acids is 2. The molecule has 7 nitrogen and oxygen atoms in total. The van der Waals surface area contributed by atoms with Gasteiger partial charge in [0, 0.05) is 25.3 Å². The number of halogens is 1. The van der Waals surface area contributed by atoms with E-state index in [1.807, 2.05) is 55.5 Å². The lowest BCUT2D eigenvalue weighted by atomic mass is 9.89. The van der Waals surface area contributed by atoms with Gasteiger partial charge in [-0.1, -0.05) is 77.2 Å². The molecule has 1 amide bonds. The number of carbonyl (C=O) groups is 2. The van der Waals surface area contributed by atoms with Crippen molar-refractivity contribution in [3.05, 3.63) is 60.2 Å². The van der Waals surface area contributed by atoms with Crippen LogP contribution in [0.3, 0.4) is 0 Å². The molecule has 0 spiro atoms. The maximum Gasteiger partial charge on any atom is 0.508 e. The van der Waals surface area contributed by atoms with E-state index < -0.39 is 24.5 Å². The van der Waals surface area contributed by atoms with Crippen LogP contribution in [0.4, 0.5) is 4.79 Å². The number of rotatable bonds is 17. The minimum absolute atomic E-state index is 0.0595. The molecule has 1 saturated carbocycles. The summed E-state index contributed by atoms with van der Waals surface area (Å²) in [6, 6.07) is 10.0. The first kappa shape index (κ1) is 32.3. The molecule has 0 aromatic heterocycles. The molecule has 4 unspecified atom stereocenters. The monoisotopic (exact) mass is 641 g/mol. The predicted octanol–water partition coefficient (Wildman–Crippen LogP) is 5.52. The van der Waals surface area contributed by atoms with E-state index in [0.717, 1.165) is 42.1 Å². The van der Waals surface area contributed by atoms with Gasteiger partial charge in [-0.05, 0) is 67.8 Å². The van der Waals surface area contributed by atoms with E-state index in [1.165, 1.54) is 0 Å². The Morgan fingerprint density at radius 3 is 2.71 bits per heavy atom. The number of hydrogen-bond donors (Lipinski definition) is 3. The van der Waals surface area contributed by atoms with Gasteiger partial charge in [0.05, 0.1) is 18.8 Å². The van der Waals surface area contributed by atoms with Crippen molar-refractivity contribution < 1.29 is 29.3 Å². The van der Waals surface area contributed by atoms with Crippen molar-refractivity contribution in [2.24, 2.45) is 11.8 Å². The van der Waals surface area contributed by atoms with Gasteiger partial charge in [-0.15, -0.1) is 0 Å². The van der Waals surface area contributed by atoms with Crippen LogP contribution >= 0.6 is 22.6 Å². The van der Waals surface area contributed by atoms with E-state index in [0.29, 0.717) is 38.8 Å². The van der Waals surface area contributed by atoms with Crippen LogP contribution in [0.1, 0.15) is 63.9 Å². The number of nitrogens with one attached hydrogen (secondary N) is 1. The standard InChI is InChI=1S/C30H44INO6/c1-2-32-29(35)15-9-4-3-8-14-25-26(19-18-24(33)17-16-23-12-6-5-7-13-23)28(22-27(25)34)38-30(36)37-21-11-10-20-31/h3,5-8,12-13,18-19,24-28,33-34H,2,4,9-11,14-17,20-22H2,1H3,(H,32,35)/t24-,25?,26?,27?,28?/m0/s1. The van der Waals surface area contributed by atoms with Crippen LogP contribution in [0, 0.1) is 11.8 Å². The van der Waals surface area contributed by atoms with Crippen molar-refractivity contribution in [1.29, 1.82) is 0 Å². The number of amides is 1. The van der Waals surface area contributed by atoms with E-state index in [-0.39, 0.29) is 17.7 Å². The van der Waals surface area contributed by atoms with E-state index in [1.54, 1.807) is 6.08 Å². The Morgan fingerprint density at radius 1 is 1.18 bits per heavy atom. The number of hydrogen-bond acceptors (Lipinski definition) is 6. The summed E-state index contributed by atoms with van der Waals surface area (Å²) in [6.07, 6.45) is 11.3. The molecule has 1 aliphatic carbocycles. The summed E-state index contributed by atoms with van der Waals surface area (Å²) in [4.78, 5) is 23.9. The molecule has 3 N–H and O–H groups in total. The van der Waals surface area contributed by atoms with Gasteiger partial charge in [-0.3, -0.25) is 4.79 Å². The molecule has 8 heteroatoms. The van der Waals surface area contributed by atoms with E-state index in [2.05, 4.69) is 27.9 Å². The maximum atomic E-state index is 12.3. The van der Waals surface area contributed by atoms with Crippen LogP contribution in [0.25, 0.3) is 0 Å². The zero-order valence-electron chi connectivity index (χ0n) is 22.5. The number of benzene rings is 1. The molecule has 0 saturated heterocycles. The minimum Gasteiger partial charge on any atom is -0.434 e. The van der Waals surface area contributed by atoms with Crippen molar-refractivity contribution >= 4 is 34.7 Å². The molecule has 1 aliphatic rings. The fraction of sp³-hybridized carbons (Fsp3) is 0.600. The molecule has 1 fully saturated rings. The topological polar surface area (TPSA) is 105 Å². The Kier molecular flexibility index (Phi) is 16.3. The van der Waals surface area contributed by atoms with Gasteiger partial charge < -0.3 is 25.0 Å². The molecular formula is C30H44INO6. The second kappa shape index (κ2) is 19.2. The summed E-state index contributed by atoms with van der Waals surface area (Å²) in [5.41, 5.74) is 1.16. The molecule has 0 bridgehead atoms. The number of aliphatic hydroxyl groups is 2. The molecule has 1 aromatic rings. The zero-order chi connectivity index (χ0) is 27.6. The highest BCUT2D eigenvalue weighted by Gasteiger charge is 2.43. The summed E-state index contributed by atoms with van der Waals surface area (Å²) >= 11 is 2.29. The Morgan fingerprint density at radius 2 is 1.97 bits per heavy atom. The van der Waals surface area contributed by atoms with Crippen molar-refractivity contribution in [2.75, 3.05) is 17.6 Å². The highest BCUT2D eigenvalue weighted by molar-refractivity contribution is 14.1. The SMILES string of the molecule is CCNC(=O)CCCC=CCC1C(O)CC(OC(=O)OCCCCI)C1C=C[C@@H](O)CCc1ccccc1. The van der Waals surface area contributed by atoms with Crippen molar-refractivity contribution in [3.63, 3.8) is 0 Å². The fourth-order valence-electron chi connectivity index (χ4n) is 4.67. The lowest BCUT2D eigenvalue weighted by Crippen LogP contribution is -2.25. The smallest absolute Gasteiger partial charge is 0.434 e. The predicted molar refractivity (Wildman–Crippen MR) is 158 cm³/mol. The lowest BCUT2D eigenvalue weighted by Gasteiger charge is -2.22. The lowest BCUT2D eigenvalue weighted by molar-refractivity contribution is -0.121. The first-order valence-electron chi connectivity index (χ1n) is 13.8. The molecule has 212 valence electrons. The van der Waals surface area contributed by atoms with Gasteiger partial charge in [0.25, 0.3) is 0 Å². The van der Waals surface area contributed by atoms with Crippen LogP contribution in [0.15, 0.2) is 54.6 Å². The average molecular weight is 642 g/mol. The third-order valence-electron chi connectivity index (χ3n) is 6.74. The van der Waals surface area contributed by atoms with Gasteiger partial charge >= 0.3 is 6.16 Å². The number of ether oxygens (including phenoxy) is 2. The highest BCUT2D eigenvalue weighted by Crippen LogP contribution is 2.38. The number of aliphatic hydroxyl groups excluding tert-OH is 2. The van der Waals surface area contributed by atoms with Crippen LogP contribution in [-0.4, -0.2) is 58.2 Å². The first-order valence-corrected chi connectivity index (χ1v) is 15.4. The van der Waals surface area contributed by atoms with Gasteiger partial charge in [0.1, 0.15) is 6.10 Å². The Balaban J connectivity index is 1.96. The molecular weight excluding hydrogens is 597 g/mol. The van der Waals surface area contributed by atoms with Crippen LogP contribution in [0.2, 0.25) is 0 Å². The second-order valence-corrected chi connectivity index (χ2v) is 10.8. The Labute approximate surface area is 241 Å². The maximum absolute atomic E-state index is 12.3. The highest BCUT2D eigenvalue weighted by atomic mass is 127. The van der Waals surface area contributed by atoms with E-state index >= 15 is 0 Å². The van der Waals surface area contributed by atoms with E-state index in [4.69, 9.17) is 9.47 Å². The first-order chi connectivity index (χ1) is 18.4. The number of aryl methyl sites for hydroxylation is 1. The molecule has 0 radical (unpaired) electrons. The second-order valence-electron chi connectivity index (χ2n) is 9.72. The zero-order valence-corrected chi connectivity index (χ0v) is 24.6. The summed E-state index contributed by atoms with van der Waals surface area (Å²) in [5, 5.41) is 24.2. The third-order valence-corrected chi connectivity index (χ3v) is 7.50. The normalized spacial score (nSPS) is 22.1. The summed E-state index contributed by atoms with van der Waals surface area (Å²) in [5.74, 6) is -0.327. The van der Waals surface area contributed by atoms with Crippen LogP contribution in [-0.2, 0) is 20.7 Å². The molecule has 38 heavy (non-hydrogen) atoms. The number of allylic oxidation sites excluding steroid dienone is 2. The minimum atomic E-state index is -0.708. The van der Waals surface area contributed by atoms with Crippen molar-refractivity contribution in [2.45, 2.75) is 83.0 Å². The molecule has 0 aliphatic heterocycles. The Bertz CT molecular complexity index is 862. The summed E-state index contributed by atoms with van der Waals surface area (Å²) in [7, 11) is 0. The van der Waals surface area contributed by atoms with Gasteiger partial charge in [0.15, 0.2) is 0 Å². The van der Waals surface area contributed by atoms with Gasteiger partial charge in [-0.25, -0.2) is 4.79 Å². The molecule has 5 atom stereocenters. The molecule has 1 aromatic carbocycles. The van der Waals surface area contributed by atoms with E-state index in [9.17, 15) is 19.8 Å². The van der Waals surface area contributed by atoms with Crippen LogP contribution < -0.4 is 5.32 Å². The largest absolute Gasteiger partial charge is 0.508 e. The third kappa shape index (κ3) is 12.8.